The average Bonchev–Trinajstić information content (AvgIpc) is 2.25. The molecule has 0 saturated carbocycles. The van der Waals surface area contributed by atoms with Crippen molar-refractivity contribution in [3.63, 3.8) is 0 Å². The first-order chi connectivity index (χ1) is 8.01. The Morgan fingerprint density at radius 3 is 2.41 bits per heavy atom. The highest BCUT2D eigenvalue weighted by Crippen LogP contribution is 2.34. The number of methoxy groups -OCH3 is 2. The summed E-state index contributed by atoms with van der Waals surface area (Å²) < 4.78 is 24.6. The van der Waals surface area contributed by atoms with E-state index in [0.717, 1.165) is 11.3 Å². The fourth-order valence-electron chi connectivity index (χ4n) is 2.02. The second kappa shape index (κ2) is 4.55. The largest absolute Gasteiger partial charge is 0.360 e. The molecule has 0 radical (unpaired) electrons. The van der Waals surface area contributed by atoms with Crippen molar-refractivity contribution >= 4 is 21.6 Å². The van der Waals surface area contributed by atoms with Gasteiger partial charge in [-0.05, 0) is 40.5 Å². The molecule has 0 aromatic heterocycles. The van der Waals surface area contributed by atoms with Gasteiger partial charge in [-0.15, -0.1) is 0 Å². The van der Waals surface area contributed by atoms with Crippen molar-refractivity contribution in [2.24, 2.45) is 0 Å². The zero-order valence-corrected chi connectivity index (χ0v) is 11.7. The van der Waals surface area contributed by atoms with Crippen LogP contribution in [0.15, 0.2) is 16.6 Å². The van der Waals surface area contributed by atoms with Crippen LogP contribution in [0.3, 0.4) is 0 Å². The number of benzene rings is 1. The second-order valence-electron chi connectivity index (χ2n) is 4.23. The molecule has 2 rings (SSSR count). The van der Waals surface area contributed by atoms with E-state index in [1.165, 1.54) is 6.07 Å². The summed E-state index contributed by atoms with van der Waals surface area (Å²) in [7, 11) is 3.24. The highest BCUT2D eigenvalue weighted by atomic mass is 79.9. The molecule has 0 N–H and O–H groups in total. The van der Waals surface area contributed by atoms with Gasteiger partial charge in [-0.2, -0.15) is 0 Å². The van der Waals surface area contributed by atoms with Crippen LogP contribution in [0, 0.1) is 12.7 Å². The number of ether oxygens (including phenoxy) is 2. The van der Waals surface area contributed by atoms with E-state index in [2.05, 4.69) is 15.9 Å². The Hall–Kier alpha value is -0.650. The lowest BCUT2D eigenvalue weighted by atomic mass is 10.0. The number of hydrogen-bond donors (Lipinski definition) is 0. The molecule has 0 aliphatic carbocycles. The van der Waals surface area contributed by atoms with E-state index in [0.29, 0.717) is 17.6 Å². The van der Waals surface area contributed by atoms with Gasteiger partial charge in [-0.1, -0.05) is 0 Å². The Balaban J connectivity index is 2.19. The molecule has 1 aromatic carbocycles. The molecule has 0 spiro atoms. The molecule has 17 heavy (non-hydrogen) atoms. The van der Waals surface area contributed by atoms with Gasteiger partial charge in [-0.25, -0.2) is 4.39 Å². The molecule has 1 saturated heterocycles. The Bertz CT molecular complexity index is 427. The molecular formula is C12H15BrFNO2. The normalized spacial score (nSPS) is 18.1. The van der Waals surface area contributed by atoms with Gasteiger partial charge in [0.25, 0.3) is 0 Å². The van der Waals surface area contributed by atoms with Gasteiger partial charge in [-0.3, -0.25) is 0 Å². The van der Waals surface area contributed by atoms with Gasteiger partial charge >= 0.3 is 0 Å². The lowest BCUT2D eigenvalue weighted by Crippen LogP contribution is -2.64. The third-order valence-electron chi connectivity index (χ3n) is 3.19. The lowest BCUT2D eigenvalue weighted by molar-refractivity contribution is -0.219. The molecule has 3 nitrogen and oxygen atoms in total. The molecule has 0 amide bonds. The monoisotopic (exact) mass is 303 g/mol. The topological polar surface area (TPSA) is 21.7 Å². The third kappa shape index (κ3) is 2.19. The van der Waals surface area contributed by atoms with Crippen molar-refractivity contribution < 1.29 is 13.9 Å². The van der Waals surface area contributed by atoms with Crippen LogP contribution in [-0.2, 0) is 9.47 Å². The molecule has 1 aliphatic rings. The number of rotatable bonds is 3. The lowest BCUT2D eigenvalue weighted by Gasteiger charge is -2.49. The molecule has 1 aromatic rings. The standard InChI is InChI=1S/C12H15BrFNO2/c1-8-4-9(13)10(14)5-11(8)15-6-12(7-15,16-2)17-3/h4-5H,6-7H2,1-3H3. The SMILES string of the molecule is COC1(OC)CN(c2cc(F)c(Br)cc2C)C1. The van der Waals surface area contributed by atoms with Gasteiger partial charge < -0.3 is 14.4 Å². The zero-order chi connectivity index (χ0) is 12.6. The van der Waals surface area contributed by atoms with E-state index in [4.69, 9.17) is 9.47 Å². The summed E-state index contributed by atoms with van der Waals surface area (Å²) in [6, 6.07) is 3.32. The van der Waals surface area contributed by atoms with E-state index < -0.39 is 5.79 Å². The van der Waals surface area contributed by atoms with E-state index in [1.807, 2.05) is 11.8 Å². The highest BCUT2D eigenvalue weighted by molar-refractivity contribution is 9.10. The van der Waals surface area contributed by atoms with Crippen LogP contribution < -0.4 is 4.90 Å². The number of halogens is 2. The summed E-state index contributed by atoms with van der Waals surface area (Å²) in [5.74, 6) is -0.798. The molecule has 1 fully saturated rings. The Labute approximate surface area is 109 Å². The number of aryl methyl sites for hydroxylation is 1. The smallest absolute Gasteiger partial charge is 0.203 e. The van der Waals surface area contributed by atoms with Crippen LogP contribution in [0.4, 0.5) is 10.1 Å². The van der Waals surface area contributed by atoms with Crippen molar-refractivity contribution in [3.05, 3.63) is 28.0 Å². The van der Waals surface area contributed by atoms with Gasteiger partial charge in [0, 0.05) is 19.9 Å². The van der Waals surface area contributed by atoms with Crippen molar-refractivity contribution in [2.45, 2.75) is 12.7 Å². The van der Waals surface area contributed by atoms with Crippen molar-refractivity contribution in [1.82, 2.24) is 0 Å². The second-order valence-corrected chi connectivity index (χ2v) is 5.08. The molecule has 94 valence electrons. The van der Waals surface area contributed by atoms with Gasteiger partial charge in [0.05, 0.1) is 17.6 Å². The summed E-state index contributed by atoms with van der Waals surface area (Å²) >= 11 is 3.18. The summed E-state index contributed by atoms with van der Waals surface area (Å²) in [5.41, 5.74) is 1.91. The Morgan fingerprint density at radius 2 is 1.88 bits per heavy atom. The average molecular weight is 304 g/mol. The minimum absolute atomic E-state index is 0.252. The van der Waals surface area contributed by atoms with E-state index in [-0.39, 0.29) is 5.82 Å². The highest BCUT2D eigenvalue weighted by Gasteiger charge is 2.44. The maximum atomic E-state index is 13.5. The number of hydrogen-bond acceptors (Lipinski definition) is 3. The van der Waals surface area contributed by atoms with Crippen LogP contribution in [0.2, 0.25) is 0 Å². The summed E-state index contributed by atoms with van der Waals surface area (Å²) in [5, 5.41) is 0. The van der Waals surface area contributed by atoms with Crippen molar-refractivity contribution in [3.8, 4) is 0 Å². The first-order valence-electron chi connectivity index (χ1n) is 5.32. The van der Waals surface area contributed by atoms with Crippen LogP contribution in [0.25, 0.3) is 0 Å². The molecule has 1 heterocycles. The fraction of sp³-hybridized carbons (Fsp3) is 0.500. The Kier molecular flexibility index (Phi) is 3.43. The fourth-order valence-corrected chi connectivity index (χ4v) is 2.48. The summed E-state index contributed by atoms with van der Waals surface area (Å²) in [6.07, 6.45) is 0. The molecule has 0 unspecified atom stereocenters. The van der Waals surface area contributed by atoms with Gasteiger partial charge in [0.15, 0.2) is 0 Å². The van der Waals surface area contributed by atoms with Crippen molar-refractivity contribution in [1.29, 1.82) is 0 Å². The van der Waals surface area contributed by atoms with Crippen LogP contribution >= 0.6 is 15.9 Å². The minimum Gasteiger partial charge on any atom is -0.360 e. The molecule has 0 atom stereocenters. The molecular weight excluding hydrogens is 289 g/mol. The molecule has 5 heteroatoms. The predicted molar refractivity (Wildman–Crippen MR) is 67.8 cm³/mol. The van der Waals surface area contributed by atoms with Crippen molar-refractivity contribution in [2.75, 3.05) is 32.2 Å². The first kappa shape index (κ1) is 12.8. The quantitative estimate of drug-likeness (QED) is 0.802. The van der Waals surface area contributed by atoms with E-state index >= 15 is 0 Å². The van der Waals surface area contributed by atoms with Crippen LogP contribution in [0.1, 0.15) is 5.56 Å². The number of nitrogens with zero attached hydrogens (tertiary/aromatic N) is 1. The maximum absolute atomic E-state index is 13.5. The third-order valence-corrected chi connectivity index (χ3v) is 3.79. The van der Waals surface area contributed by atoms with E-state index in [9.17, 15) is 4.39 Å². The predicted octanol–water partition coefficient (Wildman–Crippen LogP) is 2.71. The van der Waals surface area contributed by atoms with E-state index in [1.54, 1.807) is 20.3 Å². The maximum Gasteiger partial charge on any atom is 0.203 e. The number of anilines is 1. The molecule has 0 bridgehead atoms. The summed E-state index contributed by atoms with van der Waals surface area (Å²) in [6.45, 7) is 3.18. The first-order valence-corrected chi connectivity index (χ1v) is 6.11. The summed E-state index contributed by atoms with van der Waals surface area (Å²) in [4.78, 5) is 2.04. The van der Waals surface area contributed by atoms with Gasteiger partial charge in [0.2, 0.25) is 5.79 Å². The van der Waals surface area contributed by atoms with Gasteiger partial charge in [0.1, 0.15) is 5.82 Å². The zero-order valence-electron chi connectivity index (χ0n) is 10.1. The minimum atomic E-state index is -0.546. The Morgan fingerprint density at radius 1 is 1.29 bits per heavy atom. The van der Waals surface area contributed by atoms with Crippen LogP contribution in [-0.4, -0.2) is 33.1 Å². The molecule has 1 aliphatic heterocycles. The van der Waals surface area contributed by atoms with Crippen LogP contribution in [0.5, 0.6) is 0 Å².